The number of hydrogen-bond donors (Lipinski definition) is 5. The number of ether oxygens (including phenoxy) is 1. The van der Waals surface area contributed by atoms with Crippen molar-refractivity contribution in [1.82, 2.24) is 29.8 Å². The second kappa shape index (κ2) is 19.5. The molecule has 314 valence electrons. The molecule has 8 aromatic rings. The summed E-state index contributed by atoms with van der Waals surface area (Å²) in [5.74, 6) is 1.93. The van der Waals surface area contributed by atoms with Gasteiger partial charge in [-0.25, -0.2) is 9.97 Å². The predicted octanol–water partition coefficient (Wildman–Crippen LogP) is 8.75. The van der Waals surface area contributed by atoms with E-state index in [1.165, 1.54) is 5.56 Å². The van der Waals surface area contributed by atoms with Gasteiger partial charge in [-0.05, 0) is 127 Å². The first kappa shape index (κ1) is 41.6. The van der Waals surface area contributed by atoms with Crippen molar-refractivity contribution in [2.75, 3.05) is 42.7 Å². The summed E-state index contributed by atoms with van der Waals surface area (Å²) in [6.07, 6.45) is 11.0. The molecule has 5 N–H and O–H groups in total. The molecule has 1 aliphatic heterocycles. The number of hydrogen-bond acceptors (Lipinski definition) is 11. The molecule has 0 atom stereocenters. The number of anilines is 5. The van der Waals surface area contributed by atoms with Crippen LogP contribution in [0.1, 0.15) is 41.1 Å². The standard InChI is InChI=1S/C28H28N6O2.C21H16N4O2/c1-36-24-15-22(17-30-18-24)25-16-21-7-11-31-28(35)26(21)27(33-25)32-23-5-3-19(4-6-23)20-8-13-34(14-9-20)12-2-10-29;26-20(25-16-4-2-1-3-5-16)15-6-8-17(9-7-15)24-19-18-14(10-12-22-19)11-13-23-21(18)27/h3-7,11,15-18,20H,2,8-9,12-14H2,1H3,(H,31,35)(H,32,33);1-13H,(H,22,24)(H,23,27)(H,25,26). The highest BCUT2D eigenvalue weighted by Crippen LogP contribution is 2.32. The van der Waals surface area contributed by atoms with Gasteiger partial charge in [0.05, 0.1) is 35.8 Å². The largest absolute Gasteiger partial charge is 0.495 e. The number of aromatic amines is 2. The van der Waals surface area contributed by atoms with Crippen LogP contribution in [-0.2, 0) is 0 Å². The number of nitrogens with zero attached hydrogens (tertiary/aromatic N) is 5. The summed E-state index contributed by atoms with van der Waals surface area (Å²) < 4.78 is 5.32. The van der Waals surface area contributed by atoms with E-state index in [0.717, 1.165) is 65.9 Å². The minimum absolute atomic E-state index is 0.188. The molecule has 0 bridgehead atoms. The van der Waals surface area contributed by atoms with Gasteiger partial charge in [0.2, 0.25) is 0 Å². The number of likely N-dealkylation sites (tertiary alicyclic amines) is 1. The summed E-state index contributed by atoms with van der Waals surface area (Å²) in [5.41, 5.74) is 5.28. The summed E-state index contributed by atoms with van der Waals surface area (Å²) in [5, 5.41) is 20.7. The minimum atomic E-state index is -0.207. The van der Waals surface area contributed by atoms with Gasteiger partial charge < -0.3 is 35.6 Å². The predicted molar refractivity (Wildman–Crippen MR) is 247 cm³/mol. The van der Waals surface area contributed by atoms with Gasteiger partial charge >= 0.3 is 0 Å². The van der Waals surface area contributed by atoms with Crippen molar-refractivity contribution < 1.29 is 9.53 Å². The molecule has 14 heteroatoms. The van der Waals surface area contributed by atoms with Crippen LogP contribution in [0.4, 0.5) is 28.7 Å². The van der Waals surface area contributed by atoms with Crippen molar-refractivity contribution in [2.24, 2.45) is 0 Å². The highest BCUT2D eigenvalue weighted by atomic mass is 16.5. The number of rotatable bonds is 11. The van der Waals surface area contributed by atoms with Gasteiger partial charge in [0.25, 0.3) is 17.0 Å². The van der Waals surface area contributed by atoms with Crippen LogP contribution in [0.5, 0.6) is 5.75 Å². The molecule has 1 amide bonds. The maximum atomic E-state index is 12.7. The van der Waals surface area contributed by atoms with E-state index in [1.54, 1.807) is 68.4 Å². The quantitative estimate of drug-likeness (QED) is 0.0836. The maximum absolute atomic E-state index is 12.7. The number of benzene rings is 3. The number of amides is 1. The smallest absolute Gasteiger partial charge is 0.259 e. The second-order valence-corrected chi connectivity index (χ2v) is 15.0. The van der Waals surface area contributed by atoms with Gasteiger partial charge in [-0.1, -0.05) is 30.3 Å². The number of H-pyrrole nitrogens is 2. The lowest BCUT2D eigenvalue weighted by Gasteiger charge is -2.31. The zero-order valence-corrected chi connectivity index (χ0v) is 34.5. The monoisotopic (exact) mass is 836 g/mol. The molecule has 1 saturated heterocycles. The Hall–Kier alpha value is -8.15. The molecule has 9 rings (SSSR count). The van der Waals surface area contributed by atoms with Crippen LogP contribution in [0.3, 0.4) is 0 Å². The number of piperidine rings is 1. The van der Waals surface area contributed by atoms with Crippen molar-refractivity contribution in [1.29, 1.82) is 5.26 Å². The zero-order valence-electron chi connectivity index (χ0n) is 34.5. The van der Waals surface area contributed by atoms with E-state index >= 15 is 0 Å². The number of pyridine rings is 5. The second-order valence-electron chi connectivity index (χ2n) is 15.0. The van der Waals surface area contributed by atoms with Gasteiger partial charge in [0, 0.05) is 65.9 Å². The number of nitriles is 1. The van der Waals surface area contributed by atoms with Crippen LogP contribution < -0.4 is 31.8 Å². The molecule has 1 aliphatic rings. The first-order valence-corrected chi connectivity index (χ1v) is 20.5. The van der Waals surface area contributed by atoms with Crippen LogP contribution in [0.2, 0.25) is 0 Å². The molecule has 5 aromatic heterocycles. The number of methoxy groups -OCH3 is 1. The van der Waals surface area contributed by atoms with E-state index in [0.29, 0.717) is 51.8 Å². The molecule has 0 aliphatic carbocycles. The first-order chi connectivity index (χ1) is 30.8. The summed E-state index contributed by atoms with van der Waals surface area (Å²) in [7, 11) is 1.60. The number of aromatic nitrogens is 5. The molecule has 14 nitrogen and oxygen atoms in total. The Balaban J connectivity index is 0.000000180. The SMILES string of the molecule is COc1cncc(-c2cc3cc[nH]c(=O)c3c(Nc3ccc(C4CCN(CCC#N)CC4)cc3)n2)c1.O=C(Nc1ccccc1)c1ccc(Nc2nccc3cc[nH]c(=O)c23)cc1. The average molecular weight is 837 g/mol. The molecular weight excluding hydrogens is 793 g/mol. The van der Waals surface area contributed by atoms with Gasteiger partial charge in [0.1, 0.15) is 17.4 Å². The molecule has 0 saturated carbocycles. The third-order valence-corrected chi connectivity index (χ3v) is 10.9. The highest BCUT2D eigenvalue weighted by molar-refractivity contribution is 6.04. The van der Waals surface area contributed by atoms with E-state index in [4.69, 9.17) is 15.0 Å². The number of carbonyl (C=O) groups excluding carboxylic acids is 1. The summed E-state index contributed by atoms with van der Waals surface area (Å²) >= 11 is 0. The van der Waals surface area contributed by atoms with Crippen molar-refractivity contribution in [3.8, 4) is 23.1 Å². The fourth-order valence-corrected chi connectivity index (χ4v) is 7.59. The van der Waals surface area contributed by atoms with Crippen LogP contribution in [-0.4, -0.2) is 62.5 Å². The topological polar surface area (TPSA) is 194 Å². The molecule has 6 heterocycles. The normalized spacial score (nSPS) is 12.8. The number of fused-ring (bicyclic) bond motifs is 2. The van der Waals surface area contributed by atoms with E-state index in [-0.39, 0.29) is 17.0 Å². The van der Waals surface area contributed by atoms with Gasteiger partial charge in [-0.3, -0.25) is 19.4 Å². The highest BCUT2D eigenvalue weighted by Gasteiger charge is 2.20. The third kappa shape index (κ3) is 10.1. The molecule has 1 fully saturated rings. The molecule has 63 heavy (non-hydrogen) atoms. The van der Waals surface area contributed by atoms with Crippen molar-refractivity contribution in [2.45, 2.75) is 25.2 Å². The van der Waals surface area contributed by atoms with E-state index in [9.17, 15) is 14.4 Å². The molecule has 3 aromatic carbocycles. The Morgan fingerprint density at radius 2 is 1.46 bits per heavy atom. The van der Waals surface area contributed by atoms with Gasteiger partial charge in [0.15, 0.2) is 0 Å². The third-order valence-electron chi connectivity index (χ3n) is 10.9. The van der Waals surface area contributed by atoms with Crippen LogP contribution >= 0.6 is 0 Å². The Bertz CT molecular complexity index is 3010. The molecule has 0 spiro atoms. The van der Waals surface area contributed by atoms with E-state index < -0.39 is 0 Å². The number of para-hydroxylation sites is 1. The van der Waals surface area contributed by atoms with E-state index in [2.05, 4.69) is 59.0 Å². The summed E-state index contributed by atoms with van der Waals surface area (Å²) in [4.78, 5) is 58.2. The first-order valence-electron chi connectivity index (χ1n) is 20.5. The molecule has 0 radical (unpaired) electrons. The fourth-order valence-electron chi connectivity index (χ4n) is 7.59. The van der Waals surface area contributed by atoms with Crippen LogP contribution in [0.25, 0.3) is 32.8 Å². The number of nitrogens with one attached hydrogen (secondary N) is 5. The van der Waals surface area contributed by atoms with Crippen molar-refractivity contribution in [3.63, 3.8) is 0 Å². The van der Waals surface area contributed by atoms with Crippen LogP contribution in [0, 0.1) is 11.3 Å². The Kier molecular flexibility index (Phi) is 12.9. The lowest BCUT2D eigenvalue weighted by molar-refractivity contribution is 0.102. The lowest BCUT2D eigenvalue weighted by Crippen LogP contribution is -2.33. The minimum Gasteiger partial charge on any atom is -0.495 e. The molecule has 0 unspecified atom stereocenters. The fraction of sp³-hybridized carbons (Fsp3) is 0.163. The summed E-state index contributed by atoms with van der Waals surface area (Å²) in [6, 6.07) is 36.1. The van der Waals surface area contributed by atoms with Gasteiger partial charge in [-0.2, -0.15) is 5.26 Å². The van der Waals surface area contributed by atoms with Crippen LogP contribution in [0.15, 0.2) is 150 Å². The molecular formula is C49H44N10O4. The number of carbonyl (C=O) groups is 1. The summed E-state index contributed by atoms with van der Waals surface area (Å²) in [6.45, 7) is 2.91. The van der Waals surface area contributed by atoms with E-state index in [1.807, 2.05) is 66.7 Å². The Labute approximate surface area is 362 Å². The maximum Gasteiger partial charge on any atom is 0.259 e. The lowest BCUT2D eigenvalue weighted by atomic mass is 9.89. The van der Waals surface area contributed by atoms with Crippen molar-refractivity contribution >= 4 is 56.1 Å². The average Bonchev–Trinajstić information content (AvgIpc) is 3.32. The zero-order chi connectivity index (χ0) is 43.5. The Morgan fingerprint density at radius 1 is 0.794 bits per heavy atom. The van der Waals surface area contributed by atoms with Gasteiger partial charge in [-0.15, -0.1) is 0 Å². The van der Waals surface area contributed by atoms with Crippen molar-refractivity contribution in [3.05, 3.63) is 172 Å². The Morgan fingerprint density at radius 3 is 2.16 bits per heavy atom.